The van der Waals surface area contributed by atoms with Crippen LogP contribution in [0.5, 0.6) is 11.5 Å². The fraction of sp³-hybridized carbons (Fsp3) is 0.316. The number of hydrogen-bond donors (Lipinski definition) is 1. The van der Waals surface area contributed by atoms with Crippen molar-refractivity contribution in [3.8, 4) is 11.5 Å². The molecule has 0 saturated heterocycles. The van der Waals surface area contributed by atoms with E-state index in [4.69, 9.17) is 9.47 Å². The third-order valence-electron chi connectivity index (χ3n) is 3.23. The second kappa shape index (κ2) is 8.91. The van der Waals surface area contributed by atoms with Crippen molar-refractivity contribution in [1.29, 1.82) is 0 Å². The van der Waals surface area contributed by atoms with E-state index in [1.807, 2.05) is 13.8 Å². The molecule has 0 aliphatic rings. The number of ether oxygens (including phenoxy) is 2. The van der Waals surface area contributed by atoms with E-state index < -0.39 is 0 Å². The van der Waals surface area contributed by atoms with Gasteiger partial charge in [0.2, 0.25) is 0 Å². The maximum atomic E-state index is 12.9. The molecule has 0 unspecified atom stereocenters. The molecule has 0 aliphatic carbocycles. The van der Waals surface area contributed by atoms with Gasteiger partial charge in [-0.2, -0.15) is 0 Å². The van der Waals surface area contributed by atoms with Gasteiger partial charge in [-0.25, -0.2) is 4.39 Å². The summed E-state index contributed by atoms with van der Waals surface area (Å²) in [5, 5.41) is 2.78. The van der Waals surface area contributed by atoms with Crippen LogP contribution in [0, 0.1) is 5.82 Å². The summed E-state index contributed by atoms with van der Waals surface area (Å²) in [5.74, 6) is 0.574. The van der Waals surface area contributed by atoms with Crippen LogP contribution in [0.15, 0.2) is 42.5 Å². The minimum Gasteiger partial charge on any atom is -0.490 e. The molecule has 0 saturated carbocycles. The van der Waals surface area contributed by atoms with Crippen LogP contribution in [0.25, 0.3) is 0 Å². The molecule has 1 amide bonds. The van der Waals surface area contributed by atoms with E-state index in [1.165, 1.54) is 24.3 Å². The van der Waals surface area contributed by atoms with E-state index >= 15 is 0 Å². The van der Waals surface area contributed by atoms with Crippen LogP contribution in [0.2, 0.25) is 0 Å². The number of carbonyl (C=O) groups excluding carboxylic acids is 1. The quantitative estimate of drug-likeness (QED) is 0.765. The highest BCUT2D eigenvalue weighted by Gasteiger charge is 2.10. The second-order valence-electron chi connectivity index (χ2n) is 5.32. The molecule has 0 heterocycles. The standard InChI is InChI=1S/C19H22FNO3/c1-3-11-23-17-10-9-16(13-18(17)24-12-4-2)21-19(22)14-5-7-15(20)8-6-14/h5-10,13H,3-4,11-12H2,1-2H3,(H,21,22). The number of carbonyl (C=O) groups is 1. The number of nitrogens with one attached hydrogen (secondary N) is 1. The molecule has 0 fully saturated rings. The molecule has 0 spiro atoms. The first kappa shape index (κ1) is 17.8. The van der Waals surface area contributed by atoms with Gasteiger partial charge in [0, 0.05) is 17.3 Å². The highest BCUT2D eigenvalue weighted by Crippen LogP contribution is 2.31. The van der Waals surface area contributed by atoms with E-state index in [1.54, 1.807) is 18.2 Å². The first-order valence-electron chi connectivity index (χ1n) is 8.10. The Balaban J connectivity index is 2.14. The Bertz CT molecular complexity index is 671. The summed E-state index contributed by atoms with van der Waals surface area (Å²) in [6.45, 7) is 5.22. The van der Waals surface area contributed by atoms with Crippen LogP contribution >= 0.6 is 0 Å². The van der Waals surface area contributed by atoms with E-state index in [0.717, 1.165) is 12.8 Å². The van der Waals surface area contributed by atoms with Gasteiger partial charge in [-0.05, 0) is 49.2 Å². The Labute approximate surface area is 141 Å². The molecule has 2 aromatic carbocycles. The topological polar surface area (TPSA) is 47.6 Å². The highest BCUT2D eigenvalue weighted by molar-refractivity contribution is 6.04. The van der Waals surface area contributed by atoms with Gasteiger partial charge in [0.05, 0.1) is 13.2 Å². The summed E-state index contributed by atoms with van der Waals surface area (Å²) in [4.78, 5) is 12.2. The van der Waals surface area contributed by atoms with Crippen molar-refractivity contribution in [2.45, 2.75) is 26.7 Å². The van der Waals surface area contributed by atoms with Gasteiger partial charge in [0.15, 0.2) is 11.5 Å². The predicted octanol–water partition coefficient (Wildman–Crippen LogP) is 4.66. The van der Waals surface area contributed by atoms with Gasteiger partial charge in [-0.3, -0.25) is 4.79 Å². The summed E-state index contributed by atoms with van der Waals surface area (Å²) in [6.07, 6.45) is 1.77. The largest absolute Gasteiger partial charge is 0.490 e. The number of rotatable bonds is 8. The molecule has 2 rings (SSSR count). The molecule has 0 radical (unpaired) electrons. The molecule has 2 aromatic rings. The van der Waals surface area contributed by atoms with E-state index in [-0.39, 0.29) is 11.7 Å². The Morgan fingerprint density at radius 3 is 2.21 bits per heavy atom. The normalized spacial score (nSPS) is 10.3. The van der Waals surface area contributed by atoms with Crippen molar-refractivity contribution >= 4 is 11.6 Å². The highest BCUT2D eigenvalue weighted by atomic mass is 19.1. The fourth-order valence-corrected chi connectivity index (χ4v) is 2.05. The molecule has 1 N–H and O–H groups in total. The third-order valence-corrected chi connectivity index (χ3v) is 3.23. The molecule has 5 heteroatoms. The van der Waals surface area contributed by atoms with Gasteiger partial charge in [0.25, 0.3) is 5.91 Å². The molecule has 0 aliphatic heterocycles. The maximum Gasteiger partial charge on any atom is 0.255 e. The zero-order valence-electron chi connectivity index (χ0n) is 14.0. The van der Waals surface area contributed by atoms with Gasteiger partial charge in [0.1, 0.15) is 5.82 Å². The van der Waals surface area contributed by atoms with Crippen molar-refractivity contribution in [3.05, 3.63) is 53.8 Å². The first-order valence-corrected chi connectivity index (χ1v) is 8.10. The Morgan fingerprint density at radius 2 is 1.58 bits per heavy atom. The molecule has 0 bridgehead atoms. The minimum atomic E-state index is -0.376. The lowest BCUT2D eigenvalue weighted by Crippen LogP contribution is -2.12. The second-order valence-corrected chi connectivity index (χ2v) is 5.32. The van der Waals surface area contributed by atoms with Crippen LogP contribution in [-0.4, -0.2) is 19.1 Å². The number of amides is 1. The lowest BCUT2D eigenvalue weighted by molar-refractivity contribution is 0.102. The van der Waals surface area contributed by atoms with Gasteiger partial charge in [-0.1, -0.05) is 13.8 Å². The molecule has 0 atom stereocenters. The molecular weight excluding hydrogens is 309 g/mol. The van der Waals surface area contributed by atoms with Gasteiger partial charge >= 0.3 is 0 Å². The summed E-state index contributed by atoms with van der Waals surface area (Å²) in [7, 11) is 0. The van der Waals surface area contributed by atoms with E-state index in [2.05, 4.69) is 5.32 Å². The third kappa shape index (κ3) is 4.98. The Kier molecular flexibility index (Phi) is 6.61. The van der Waals surface area contributed by atoms with Gasteiger partial charge in [-0.15, -0.1) is 0 Å². The van der Waals surface area contributed by atoms with E-state index in [9.17, 15) is 9.18 Å². The summed E-state index contributed by atoms with van der Waals surface area (Å²) in [5.41, 5.74) is 0.984. The number of benzene rings is 2. The van der Waals surface area contributed by atoms with Crippen LogP contribution in [0.3, 0.4) is 0 Å². The summed E-state index contributed by atoms with van der Waals surface area (Å²) >= 11 is 0. The average Bonchev–Trinajstić information content (AvgIpc) is 2.59. The van der Waals surface area contributed by atoms with Crippen molar-refractivity contribution in [2.75, 3.05) is 18.5 Å². The molecule has 0 aromatic heterocycles. The van der Waals surface area contributed by atoms with Crippen molar-refractivity contribution in [1.82, 2.24) is 0 Å². The number of halogens is 1. The minimum absolute atomic E-state index is 0.307. The monoisotopic (exact) mass is 331 g/mol. The summed E-state index contributed by atoms with van der Waals surface area (Å²) < 4.78 is 24.3. The smallest absolute Gasteiger partial charge is 0.255 e. The van der Waals surface area contributed by atoms with Crippen LogP contribution < -0.4 is 14.8 Å². The zero-order chi connectivity index (χ0) is 17.4. The fourth-order valence-electron chi connectivity index (χ4n) is 2.05. The molecule has 24 heavy (non-hydrogen) atoms. The van der Waals surface area contributed by atoms with Crippen LogP contribution in [-0.2, 0) is 0 Å². The average molecular weight is 331 g/mol. The molecule has 128 valence electrons. The van der Waals surface area contributed by atoms with Crippen molar-refractivity contribution in [2.24, 2.45) is 0 Å². The Hall–Kier alpha value is -2.56. The number of anilines is 1. The van der Waals surface area contributed by atoms with Gasteiger partial charge < -0.3 is 14.8 Å². The predicted molar refractivity (Wildman–Crippen MR) is 92.4 cm³/mol. The molecule has 4 nitrogen and oxygen atoms in total. The Morgan fingerprint density at radius 1 is 0.958 bits per heavy atom. The van der Waals surface area contributed by atoms with Crippen LogP contribution in [0.1, 0.15) is 37.0 Å². The SMILES string of the molecule is CCCOc1ccc(NC(=O)c2ccc(F)cc2)cc1OCCC. The lowest BCUT2D eigenvalue weighted by atomic mass is 10.2. The van der Waals surface area contributed by atoms with Crippen molar-refractivity contribution < 1.29 is 18.7 Å². The van der Waals surface area contributed by atoms with E-state index in [0.29, 0.717) is 36.0 Å². The maximum absolute atomic E-state index is 12.9. The summed E-state index contributed by atoms with van der Waals surface area (Å²) in [6, 6.07) is 10.7. The van der Waals surface area contributed by atoms with Crippen LogP contribution in [0.4, 0.5) is 10.1 Å². The zero-order valence-corrected chi connectivity index (χ0v) is 14.0. The first-order chi connectivity index (χ1) is 11.6. The molecular formula is C19H22FNO3. The van der Waals surface area contributed by atoms with Crippen molar-refractivity contribution in [3.63, 3.8) is 0 Å². The lowest BCUT2D eigenvalue weighted by Gasteiger charge is -2.14. The number of hydrogen-bond acceptors (Lipinski definition) is 3.